The molecule has 0 bridgehead atoms. The fourth-order valence-corrected chi connectivity index (χ4v) is 3.71. The van der Waals surface area contributed by atoms with Gasteiger partial charge in [0.2, 0.25) is 0 Å². The van der Waals surface area contributed by atoms with Crippen molar-refractivity contribution in [2.75, 3.05) is 17.4 Å². The Balaban J connectivity index is 2.40. The van der Waals surface area contributed by atoms with Crippen molar-refractivity contribution in [3.63, 3.8) is 0 Å². The lowest BCUT2D eigenvalue weighted by molar-refractivity contribution is 0.341. The highest BCUT2D eigenvalue weighted by atomic mass is 32.2. The van der Waals surface area contributed by atoms with Gasteiger partial charge >= 0.3 is 0 Å². The SMILES string of the molecule is CCOP(N)(=O)c1ccccc1N1C=CSC1. The van der Waals surface area contributed by atoms with E-state index in [1.807, 2.05) is 34.7 Å². The molecule has 0 saturated heterocycles. The lowest BCUT2D eigenvalue weighted by Crippen LogP contribution is -2.23. The first-order valence-corrected chi connectivity index (χ1v) is 8.07. The third-order valence-corrected chi connectivity index (χ3v) is 4.83. The highest BCUT2D eigenvalue weighted by Crippen LogP contribution is 2.40. The predicted octanol–water partition coefficient (Wildman–Crippen LogP) is 2.48. The van der Waals surface area contributed by atoms with Gasteiger partial charge in [0, 0.05) is 6.20 Å². The van der Waals surface area contributed by atoms with E-state index in [0.29, 0.717) is 11.9 Å². The van der Waals surface area contributed by atoms with Gasteiger partial charge in [0.15, 0.2) is 0 Å². The Kier molecular flexibility index (Phi) is 3.94. The highest BCUT2D eigenvalue weighted by molar-refractivity contribution is 8.02. The molecule has 4 nitrogen and oxygen atoms in total. The van der Waals surface area contributed by atoms with Crippen LogP contribution in [0.15, 0.2) is 35.9 Å². The van der Waals surface area contributed by atoms with Crippen LogP contribution in [0.1, 0.15) is 6.92 Å². The van der Waals surface area contributed by atoms with E-state index < -0.39 is 7.52 Å². The van der Waals surface area contributed by atoms with Crippen LogP contribution in [0.2, 0.25) is 0 Å². The summed E-state index contributed by atoms with van der Waals surface area (Å²) in [6.07, 6.45) is 1.95. The number of nitrogens with two attached hydrogens (primary N) is 1. The monoisotopic (exact) mass is 270 g/mol. The topological polar surface area (TPSA) is 55.6 Å². The highest BCUT2D eigenvalue weighted by Gasteiger charge is 2.25. The van der Waals surface area contributed by atoms with Crippen LogP contribution in [0.5, 0.6) is 0 Å². The molecule has 0 radical (unpaired) electrons. The molecule has 1 atom stereocenters. The van der Waals surface area contributed by atoms with Crippen molar-refractivity contribution < 1.29 is 9.09 Å². The molecule has 17 heavy (non-hydrogen) atoms. The molecule has 0 spiro atoms. The molecule has 0 aromatic heterocycles. The average Bonchev–Trinajstić information content (AvgIpc) is 2.82. The van der Waals surface area contributed by atoms with Crippen LogP contribution in [-0.4, -0.2) is 12.5 Å². The lowest BCUT2D eigenvalue weighted by Gasteiger charge is -2.22. The van der Waals surface area contributed by atoms with Gasteiger partial charge in [0.05, 0.1) is 23.5 Å². The van der Waals surface area contributed by atoms with Gasteiger partial charge in [0.25, 0.3) is 7.52 Å². The number of rotatable bonds is 4. The number of anilines is 1. The molecule has 1 aromatic rings. The van der Waals surface area contributed by atoms with Crippen molar-refractivity contribution in [1.29, 1.82) is 0 Å². The maximum absolute atomic E-state index is 12.3. The summed E-state index contributed by atoms with van der Waals surface area (Å²) >= 11 is 1.68. The third-order valence-electron chi connectivity index (χ3n) is 2.40. The number of para-hydroxylation sites is 1. The van der Waals surface area contributed by atoms with Crippen LogP contribution >= 0.6 is 19.3 Å². The van der Waals surface area contributed by atoms with E-state index in [2.05, 4.69) is 0 Å². The Hall–Kier alpha value is -0.740. The molecule has 0 amide bonds. The van der Waals surface area contributed by atoms with E-state index in [9.17, 15) is 4.57 Å². The Morgan fingerprint density at radius 1 is 1.53 bits per heavy atom. The molecule has 0 fully saturated rings. The minimum Gasteiger partial charge on any atom is -0.337 e. The zero-order valence-electron chi connectivity index (χ0n) is 9.57. The molecule has 1 aliphatic rings. The minimum absolute atomic E-state index is 0.340. The normalized spacial score (nSPS) is 18.4. The first-order chi connectivity index (χ1) is 8.15. The van der Waals surface area contributed by atoms with Crippen molar-refractivity contribution >= 4 is 30.3 Å². The van der Waals surface area contributed by atoms with Crippen LogP contribution < -0.4 is 15.7 Å². The number of hydrogen-bond donors (Lipinski definition) is 1. The van der Waals surface area contributed by atoms with E-state index >= 15 is 0 Å². The molecular formula is C11H15N2O2PS. The molecular weight excluding hydrogens is 255 g/mol. The molecule has 1 unspecified atom stereocenters. The first-order valence-electron chi connectivity index (χ1n) is 5.33. The second-order valence-electron chi connectivity index (χ2n) is 3.55. The maximum atomic E-state index is 12.3. The Labute approximate surface area is 105 Å². The summed E-state index contributed by atoms with van der Waals surface area (Å²) in [5.74, 6) is 0.809. The second kappa shape index (κ2) is 5.27. The minimum atomic E-state index is -3.22. The van der Waals surface area contributed by atoms with Crippen LogP contribution in [0.3, 0.4) is 0 Å². The van der Waals surface area contributed by atoms with Crippen LogP contribution in [0.4, 0.5) is 5.69 Å². The van der Waals surface area contributed by atoms with Crippen LogP contribution in [-0.2, 0) is 9.09 Å². The van der Waals surface area contributed by atoms with Gasteiger partial charge in [-0.3, -0.25) is 10.1 Å². The zero-order valence-corrected chi connectivity index (χ0v) is 11.3. The molecule has 1 aliphatic heterocycles. The van der Waals surface area contributed by atoms with E-state index in [0.717, 1.165) is 11.6 Å². The van der Waals surface area contributed by atoms with Gasteiger partial charge in [-0.15, -0.1) is 11.8 Å². The summed E-state index contributed by atoms with van der Waals surface area (Å²) in [7, 11) is -3.22. The predicted molar refractivity (Wildman–Crippen MR) is 73.6 cm³/mol. The zero-order chi connectivity index (χ0) is 12.3. The fraction of sp³-hybridized carbons (Fsp3) is 0.273. The molecule has 2 rings (SSSR count). The fourth-order valence-electron chi connectivity index (χ4n) is 1.66. The molecule has 1 aromatic carbocycles. The van der Waals surface area contributed by atoms with E-state index in [4.69, 9.17) is 10.0 Å². The summed E-state index contributed by atoms with van der Waals surface area (Å²) in [5, 5.41) is 2.58. The van der Waals surface area contributed by atoms with Crippen molar-refractivity contribution in [1.82, 2.24) is 0 Å². The standard InChI is InChI=1S/C11H15N2O2PS/c1-2-15-16(12,14)11-6-4-3-5-10(11)13-7-8-17-9-13/h3-8H,2,9H2,1H3,(H2,12,14). The van der Waals surface area contributed by atoms with E-state index in [1.165, 1.54) is 0 Å². The van der Waals surface area contributed by atoms with Crippen molar-refractivity contribution in [3.8, 4) is 0 Å². The van der Waals surface area contributed by atoms with Gasteiger partial charge in [0.1, 0.15) is 0 Å². The lowest BCUT2D eigenvalue weighted by atomic mass is 10.3. The number of benzene rings is 1. The summed E-state index contributed by atoms with van der Waals surface area (Å²) in [6, 6.07) is 7.40. The largest absolute Gasteiger partial charge is 0.337 e. The van der Waals surface area contributed by atoms with Crippen molar-refractivity contribution in [2.45, 2.75) is 6.92 Å². The van der Waals surface area contributed by atoms with Crippen molar-refractivity contribution in [2.24, 2.45) is 5.50 Å². The number of hydrogen-bond acceptors (Lipinski definition) is 4. The quantitative estimate of drug-likeness (QED) is 0.852. The summed E-state index contributed by atoms with van der Waals surface area (Å²) in [5.41, 5.74) is 6.65. The van der Waals surface area contributed by atoms with E-state index in [-0.39, 0.29) is 0 Å². The Bertz CT molecular complexity index is 478. The van der Waals surface area contributed by atoms with Crippen LogP contribution in [0.25, 0.3) is 0 Å². The number of nitrogens with zero attached hydrogens (tertiary/aromatic N) is 1. The molecule has 92 valence electrons. The average molecular weight is 270 g/mol. The summed E-state index contributed by atoms with van der Waals surface area (Å²) < 4.78 is 17.5. The maximum Gasteiger partial charge on any atom is 0.299 e. The van der Waals surface area contributed by atoms with Gasteiger partial charge in [-0.25, -0.2) is 0 Å². The molecule has 0 aliphatic carbocycles. The van der Waals surface area contributed by atoms with Gasteiger partial charge in [-0.1, -0.05) is 12.1 Å². The molecule has 0 saturated carbocycles. The Morgan fingerprint density at radius 3 is 2.94 bits per heavy atom. The molecule has 6 heteroatoms. The Morgan fingerprint density at radius 2 is 2.29 bits per heavy atom. The van der Waals surface area contributed by atoms with E-state index in [1.54, 1.807) is 24.8 Å². The van der Waals surface area contributed by atoms with Gasteiger partial charge < -0.3 is 9.42 Å². The van der Waals surface area contributed by atoms with Crippen LogP contribution in [0, 0.1) is 0 Å². The van der Waals surface area contributed by atoms with Crippen molar-refractivity contribution in [3.05, 3.63) is 35.9 Å². The summed E-state index contributed by atoms with van der Waals surface area (Å²) in [6.45, 7) is 2.13. The molecule has 1 heterocycles. The van der Waals surface area contributed by atoms with Gasteiger partial charge in [-0.05, 0) is 24.5 Å². The van der Waals surface area contributed by atoms with Gasteiger partial charge in [-0.2, -0.15) is 0 Å². The first kappa shape index (κ1) is 12.7. The third kappa shape index (κ3) is 2.75. The number of thioether (sulfide) groups is 1. The molecule has 2 N–H and O–H groups in total. The second-order valence-corrected chi connectivity index (χ2v) is 6.35. The summed E-state index contributed by atoms with van der Waals surface area (Å²) in [4.78, 5) is 2.01. The smallest absolute Gasteiger partial charge is 0.299 e.